The molecule has 1 aromatic carbocycles. The van der Waals surface area contributed by atoms with Crippen LogP contribution in [0.2, 0.25) is 0 Å². The van der Waals surface area contributed by atoms with Crippen LogP contribution in [0.3, 0.4) is 0 Å². The van der Waals surface area contributed by atoms with Crippen molar-refractivity contribution in [3.63, 3.8) is 0 Å². The van der Waals surface area contributed by atoms with Crippen LogP contribution in [0.5, 0.6) is 0 Å². The third-order valence-corrected chi connectivity index (χ3v) is 9.07. The third kappa shape index (κ3) is 4.91. The first-order chi connectivity index (χ1) is 14.9. The van der Waals surface area contributed by atoms with Gasteiger partial charge in [-0.15, -0.1) is 11.3 Å². The van der Waals surface area contributed by atoms with Crippen LogP contribution < -0.4 is 5.32 Å². The Hall–Kier alpha value is -2.43. The number of amides is 3. The number of para-hydroxylation sites is 1. The summed E-state index contributed by atoms with van der Waals surface area (Å²) in [6.07, 6.45) is 1.24. The molecule has 2 aliphatic rings. The minimum Gasteiger partial charge on any atom is -0.340 e. The van der Waals surface area contributed by atoms with Crippen molar-refractivity contribution in [1.82, 2.24) is 14.1 Å². The summed E-state index contributed by atoms with van der Waals surface area (Å²) >= 11 is 1.21. The lowest BCUT2D eigenvalue weighted by Gasteiger charge is -2.38. The summed E-state index contributed by atoms with van der Waals surface area (Å²) in [6, 6.07) is 12.5. The Morgan fingerprint density at radius 2 is 1.55 bits per heavy atom. The summed E-state index contributed by atoms with van der Waals surface area (Å²) in [6.45, 7) is 2.48. The van der Waals surface area contributed by atoms with Gasteiger partial charge in [0.25, 0.3) is 10.0 Å². The summed E-state index contributed by atoms with van der Waals surface area (Å²) in [5, 5.41) is 4.63. The van der Waals surface area contributed by atoms with E-state index in [9.17, 15) is 18.0 Å². The largest absolute Gasteiger partial charge is 0.340 e. The number of hydrogen-bond acceptors (Lipinski definition) is 5. The van der Waals surface area contributed by atoms with E-state index in [0.29, 0.717) is 56.3 Å². The molecule has 2 saturated heterocycles. The average Bonchev–Trinajstić information content (AvgIpc) is 3.35. The van der Waals surface area contributed by atoms with Crippen molar-refractivity contribution in [1.29, 1.82) is 0 Å². The summed E-state index contributed by atoms with van der Waals surface area (Å²) < 4.78 is 27.1. The van der Waals surface area contributed by atoms with Crippen LogP contribution in [0.1, 0.15) is 12.8 Å². The molecule has 0 unspecified atom stereocenters. The van der Waals surface area contributed by atoms with E-state index in [2.05, 4.69) is 5.32 Å². The van der Waals surface area contributed by atoms with Gasteiger partial charge in [0.15, 0.2) is 0 Å². The standard InChI is InChI=1S/C21H26N4O4S2/c26-20(23-12-14-25(15-13-23)31(28,29)19-7-4-16-30-19)17-8-10-24(11-9-17)21(27)22-18-5-2-1-3-6-18/h1-7,16-17H,8-15H2,(H,22,27). The van der Waals surface area contributed by atoms with E-state index in [1.165, 1.54) is 15.6 Å². The molecule has 1 N–H and O–H groups in total. The highest BCUT2D eigenvalue weighted by Crippen LogP contribution is 2.24. The molecule has 2 fully saturated rings. The minimum absolute atomic E-state index is 0.0660. The number of carbonyl (C=O) groups is 2. The third-order valence-electron chi connectivity index (χ3n) is 5.80. The molecular formula is C21H26N4O4S2. The highest BCUT2D eigenvalue weighted by Gasteiger charge is 2.34. The minimum atomic E-state index is -3.47. The van der Waals surface area contributed by atoms with Crippen LogP contribution in [0.4, 0.5) is 10.5 Å². The average molecular weight is 463 g/mol. The monoisotopic (exact) mass is 462 g/mol. The second-order valence-corrected chi connectivity index (χ2v) is 10.8. The number of rotatable bonds is 4. The quantitative estimate of drug-likeness (QED) is 0.756. The van der Waals surface area contributed by atoms with Gasteiger partial charge in [-0.1, -0.05) is 24.3 Å². The second-order valence-electron chi connectivity index (χ2n) is 7.72. The zero-order valence-electron chi connectivity index (χ0n) is 17.1. The lowest BCUT2D eigenvalue weighted by atomic mass is 9.95. The van der Waals surface area contributed by atoms with Crippen molar-refractivity contribution in [2.75, 3.05) is 44.6 Å². The molecule has 0 bridgehead atoms. The Labute approximate surface area is 186 Å². The molecule has 8 nitrogen and oxygen atoms in total. The molecule has 2 aromatic rings. The van der Waals surface area contributed by atoms with Gasteiger partial charge >= 0.3 is 6.03 Å². The summed E-state index contributed by atoms with van der Waals surface area (Å²) in [7, 11) is -3.47. The number of piperidine rings is 1. The van der Waals surface area contributed by atoms with Gasteiger partial charge in [-0.2, -0.15) is 4.31 Å². The fourth-order valence-electron chi connectivity index (χ4n) is 4.00. The van der Waals surface area contributed by atoms with Gasteiger partial charge in [0.05, 0.1) is 0 Å². The van der Waals surface area contributed by atoms with E-state index >= 15 is 0 Å². The number of urea groups is 1. The first kappa shape index (κ1) is 21.8. The highest BCUT2D eigenvalue weighted by molar-refractivity contribution is 7.91. The SMILES string of the molecule is O=C(Nc1ccccc1)N1CCC(C(=O)N2CCN(S(=O)(=O)c3cccs3)CC2)CC1. The van der Waals surface area contributed by atoms with E-state index in [4.69, 9.17) is 0 Å². The van der Waals surface area contributed by atoms with Crippen LogP contribution >= 0.6 is 11.3 Å². The fourth-order valence-corrected chi connectivity index (χ4v) is 6.56. The lowest BCUT2D eigenvalue weighted by molar-refractivity contribution is -0.138. The Bertz CT molecular complexity index is 995. The lowest BCUT2D eigenvalue weighted by Crippen LogP contribution is -2.53. The van der Waals surface area contributed by atoms with E-state index < -0.39 is 10.0 Å². The molecule has 3 amide bonds. The Morgan fingerprint density at radius 3 is 2.16 bits per heavy atom. The van der Waals surface area contributed by atoms with Crippen molar-refractivity contribution in [2.45, 2.75) is 17.1 Å². The van der Waals surface area contributed by atoms with Crippen molar-refractivity contribution in [3.8, 4) is 0 Å². The summed E-state index contributed by atoms with van der Waals surface area (Å²) in [5.41, 5.74) is 0.751. The van der Waals surface area contributed by atoms with Crippen molar-refractivity contribution in [2.24, 2.45) is 5.92 Å². The van der Waals surface area contributed by atoms with E-state index in [0.717, 1.165) is 5.69 Å². The molecule has 0 radical (unpaired) electrons. The maximum Gasteiger partial charge on any atom is 0.321 e. The normalized spacial score (nSPS) is 18.7. The van der Waals surface area contributed by atoms with Gasteiger partial charge in [-0.25, -0.2) is 13.2 Å². The van der Waals surface area contributed by atoms with Gasteiger partial charge < -0.3 is 15.1 Å². The maximum atomic E-state index is 12.9. The molecule has 0 saturated carbocycles. The number of hydrogen-bond donors (Lipinski definition) is 1. The van der Waals surface area contributed by atoms with Crippen LogP contribution in [0.25, 0.3) is 0 Å². The summed E-state index contributed by atoms with van der Waals surface area (Å²) in [4.78, 5) is 28.9. The number of carbonyl (C=O) groups excluding carboxylic acids is 2. The number of thiophene rings is 1. The number of sulfonamides is 1. The predicted octanol–water partition coefficient (Wildman–Crippen LogP) is 2.53. The molecule has 4 rings (SSSR count). The molecule has 3 heterocycles. The van der Waals surface area contributed by atoms with Crippen molar-refractivity contribution >= 4 is 39.0 Å². The Morgan fingerprint density at radius 1 is 0.871 bits per heavy atom. The second kappa shape index (κ2) is 9.37. The fraction of sp³-hybridized carbons (Fsp3) is 0.429. The Kier molecular flexibility index (Phi) is 6.59. The Balaban J connectivity index is 1.25. The summed E-state index contributed by atoms with van der Waals surface area (Å²) in [5.74, 6) is -0.0579. The molecule has 2 aliphatic heterocycles. The molecule has 166 valence electrons. The topological polar surface area (TPSA) is 90.0 Å². The van der Waals surface area contributed by atoms with Gasteiger partial charge in [0, 0.05) is 50.9 Å². The predicted molar refractivity (Wildman–Crippen MR) is 119 cm³/mol. The zero-order valence-corrected chi connectivity index (χ0v) is 18.8. The van der Waals surface area contributed by atoms with Gasteiger partial charge in [0.2, 0.25) is 5.91 Å². The number of benzene rings is 1. The van der Waals surface area contributed by atoms with Crippen LogP contribution in [0.15, 0.2) is 52.1 Å². The van der Waals surface area contributed by atoms with Crippen molar-refractivity contribution < 1.29 is 18.0 Å². The molecule has 0 aliphatic carbocycles. The van der Waals surface area contributed by atoms with Gasteiger partial charge in [-0.3, -0.25) is 4.79 Å². The van der Waals surface area contributed by atoms with E-state index in [1.807, 2.05) is 30.3 Å². The number of anilines is 1. The number of likely N-dealkylation sites (tertiary alicyclic amines) is 1. The zero-order chi connectivity index (χ0) is 21.8. The van der Waals surface area contributed by atoms with E-state index in [1.54, 1.807) is 27.3 Å². The maximum absolute atomic E-state index is 12.9. The van der Waals surface area contributed by atoms with Crippen LogP contribution in [0, 0.1) is 5.92 Å². The van der Waals surface area contributed by atoms with Crippen LogP contribution in [-0.4, -0.2) is 73.7 Å². The molecular weight excluding hydrogens is 436 g/mol. The first-order valence-corrected chi connectivity index (χ1v) is 12.7. The first-order valence-electron chi connectivity index (χ1n) is 10.4. The van der Waals surface area contributed by atoms with Crippen LogP contribution in [-0.2, 0) is 14.8 Å². The highest BCUT2D eigenvalue weighted by atomic mass is 32.2. The smallest absolute Gasteiger partial charge is 0.321 e. The number of piperazine rings is 1. The number of nitrogens with zero attached hydrogens (tertiary/aromatic N) is 3. The van der Waals surface area contributed by atoms with Gasteiger partial charge in [-0.05, 0) is 36.4 Å². The van der Waals surface area contributed by atoms with Gasteiger partial charge in [0.1, 0.15) is 4.21 Å². The number of nitrogens with one attached hydrogen (secondary N) is 1. The molecule has 0 atom stereocenters. The van der Waals surface area contributed by atoms with Crippen molar-refractivity contribution in [3.05, 3.63) is 47.8 Å². The molecule has 0 spiro atoms. The molecule has 31 heavy (non-hydrogen) atoms. The van der Waals surface area contributed by atoms with E-state index in [-0.39, 0.29) is 17.9 Å². The molecule has 10 heteroatoms. The molecule has 1 aromatic heterocycles.